The summed E-state index contributed by atoms with van der Waals surface area (Å²) < 4.78 is 5.56. The summed E-state index contributed by atoms with van der Waals surface area (Å²) >= 11 is 0. The summed E-state index contributed by atoms with van der Waals surface area (Å²) in [7, 11) is 0. The fourth-order valence-corrected chi connectivity index (χ4v) is 1.66. The highest BCUT2D eigenvalue weighted by Gasteiger charge is 2.28. The van der Waals surface area contributed by atoms with Crippen molar-refractivity contribution in [3.05, 3.63) is 0 Å². The standard InChI is InChI=1S/C9H19N5O/c1-9(2)5-6(3-4-15-9)13-8(12)14-7(10)11/h6H,3-5H2,1-2H3,(H6,10,11,12,13,14). The van der Waals surface area contributed by atoms with E-state index in [2.05, 4.69) is 9.98 Å². The van der Waals surface area contributed by atoms with Gasteiger partial charge in [0.1, 0.15) is 0 Å². The van der Waals surface area contributed by atoms with E-state index in [-0.39, 0.29) is 23.6 Å². The van der Waals surface area contributed by atoms with E-state index in [0.29, 0.717) is 6.61 Å². The van der Waals surface area contributed by atoms with Crippen LogP contribution in [-0.2, 0) is 4.74 Å². The van der Waals surface area contributed by atoms with Gasteiger partial charge in [-0.3, -0.25) is 0 Å². The van der Waals surface area contributed by atoms with Crippen molar-refractivity contribution in [1.29, 1.82) is 0 Å². The quantitative estimate of drug-likeness (QED) is 0.404. The molecule has 1 heterocycles. The summed E-state index contributed by atoms with van der Waals surface area (Å²) in [6.07, 6.45) is 1.68. The van der Waals surface area contributed by atoms with Gasteiger partial charge in [0.05, 0.1) is 11.6 Å². The molecule has 0 bridgehead atoms. The molecule has 6 N–H and O–H groups in total. The van der Waals surface area contributed by atoms with Gasteiger partial charge in [-0.2, -0.15) is 4.99 Å². The number of guanidine groups is 2. The van der Waals surface area contributed by atoms with E-state index in [0.717, 1.165) is 12.8 Å². The first kappa shape index (κ1) is 11.8. The van der Waals surface area contributed by atoms with Gasteiger partial charge in [0.25, 0.3) is 0 Å². The largest absolute Gasteiger partial charge is 0.375 e. The van der Waals surface area contributed by atoms with Gasteiger partial charge in [-0.25, -0.2) is 4.99 Å². The third kappa shape index (κ3) is 4.16. The predicted molar refractivity (Wildman–Crippen MR) is 60.5 cm³/mol. The molecule has 1 aliphatic rings. The van der Waals surface area contributed by atoms with Gasteiger partial charge in [0.2, 0.25) is 5.96 Å². The average molecular weight is 213 g/mol. The van der Waals surface area contributed by atoms with Gasteiger partial charge >= 0.3 is 0 Å². The third-order valence-corrected chi connectivity index (χ3v) is 2.23. The Kier molecular flexibility index (Phi) is 3.52. The Balaban J connectivity index is 2.62. The summed E-state index contributed by atoms with van der Waals surface area (Å²) in [5.74, 6) is 0.0697. The van der Waals surface area contributed by atoms with Gasteiger partial charge in [-0.15, -0.1) is 0 Å². The zero-order chi connectivity index (χ0) is 11.5. The molecule has 0 radical (unpaired) electrons. The lowest BCUT2D eigenvalue weighted by molar-refractivity contribution is -0.0575. The number of rotatable bonds is 1. The Hall–Kier alpha value is -1.30. The molecule has 1 saturated heterocycles. The summed E-state index contributed by atoms with van der Waals surface area (Å²) in [5.41, 5.74) is 15.8. The van der Waals surface area contributed by atoms with Crippen molar-refractivity contribution < 1.29 is 4.74 Å². The predicted octanol–water partition coefficient (Wildman–Crippen LogP) is -0.468. The summed E-state index contributed by atoms with van der Waals surface area (Å²) in [5, 5.41) is 0. The molecule has 0 aromatic rings. The first-order valence-corrected chi connectivity index (χ1v) is 4.96. The lowest BCUT2D eigenvalue weighted by Crippen LogP contribution is -2.37. The zero-order valence-corrected chi connectivity index (χ0v) is 9.23. The number of nitrogens with two attached hydrogens (primary N) is 3. The molecule has 6 heteroatoms. The number of hydrogen-bond donors (Lipinski definition) is 3. The van der Waals surface area contributed by atoms with Crippen molar-refractivity contribution in [2.45, 2.75) is 38.3 Å². The monoisotopic (exact) mass is 213 g/mol. The molecule has 86 valence electrons. The van der Waals surface area contributed by atoms with Crippen LogP contribution in [0.5, 0.6) is 0 Å². The number of nitrogens with zero attached hydrogens (tertiary/aromatic N) is 2. The molecular weight excluding hydrogens is 194 g/mol. The molecule has 0 aliphatic carbocycles. The van der Waals surface area contributed by atoms with Gasteiger partial charge in [0.15, 0.2) is 5.96 Å². The molecular formula is C9H19N5O. The molecule has 6 nitrogen and oxygen atoms in total. The molecule has 1 fully saturated rings. The van der Waals surface area contributed by atoms with Crippen LogP contribution in [0.1, 0.15) is 26.7 Å². The third-order valence-electron chi connectivity index (χ3n) is 2.23. The molecule has 0 amide bonds. The van der Waals surface area contributed by atoms with Gasteiger partial charge < -0.3 is 21.9 Å². The summed E-state index contributed by atoms with van der Waals surface area (Å²) in [6, 6.07) is 0.136. The topological polar surface area (TPSA) is 112 Å². The number of ether oxygens (including phenoxy) is 1. The molecule has 1 unspecified atom stereocenters. The lowest BCUT2D eigenvalue weighted by atomic mass is 9.94. The van der Waals surface area contributed by atoms with Crippen LogP contribution in [0.2, 0.25) is 0 Å². The first-order chi connectivity index (χ1) is 6.89. The van der Waals surface area contributed by atoms with Crippen LogP contribution in [0, 0.1) is 0 Å². The van der Waals surface area contributed by atoms with Crippen molar-refractivity contribution >= 4 is 11.9 Å². The molecule has 0 spiro atoms. The van der Waals surface area contributed by atoms with Crippen LogP contribution < -0.4 is 17.2 Å². The average Bonchev–Trinajstić information content (AvgIpc) is 1.99. The van der Waals surface area contributed by atoms with E-state index in [9.17, 15) is 0 Å². The van der Waals surface area contributed by atoms with Gasteiger partial charge in [0, 0.05) is 6.61 Å². The van der Waals surface area contributed by atoms with E-state index in [1.54, 1.807) is 0 Å². The first-order valence-electron chi connectivity index (χ1n) is 4.96. The molecule has 1 aliphatic heterocycles. The second-order valence-electron chi connectivity index (χ2n) is 4.28. The van der Waals surface area contributed by atoms with Gasteiger partial charge in [-0.1, -0.05) is 0 Å². The molecule has 0 saturated carbocycles. The van der Waals surface area contributed by atoms with E-state index in [1.807, 2.05) is 13.8 Å². The maximum absolute atomic E-state index is 5.56. The van der Waals surface area contributed by atoms with E-state index < -0.39 is 0 Å². The van der Waals surface area contributed by atoms with Crippen molar-refractivity contribution in [2.75, 3.05) is 6.61 Å². The van der Waals surface area contributed by atoms with Crippen LogP contribution in [0.3, 0.4) is 0 Å². The highest BCUT2D eigenvalue weighted by Crippen LogP contribution is 2.25. The normalized spacial score (nSPS) is 26.0. The van der Waals surface area contributed by atoms with Crippen molar-refractivity contribution in [3.63, 3.8) is 0 Å². The SMILES string of the molecule is CC1(C)CC(N=C(N)N=C(N)N)CCO1. The highest BCUT2D eigenvalue weighted by molar-refractivity contribution is 5.92. The Morgan fingerprint density at radius 2 is 2.00 bits per heavy atom. The smallest absolute Gasteiger partial charge is 0.218 e. The van der Waals surface area contributed by atoms with Crippen LogP contribution in [0.4, 0.5) is 0 Å². The van der Waals surface area contributed by atoms with Crippen LogP contribution in [-0.4, -0.2) is 30.2 Å². The van der Waals surface area contributed by atoms with E-state index >= 15 is 0 Å². The Bertz CT molecular complexity index is 280. The maximum atomic E-state index is 5.56. The van der Waals surface area contributed by atoms with Crippen LogP contribution in [0.25, 0.3) is 0 Å². The van der Waals surface area contributed by atoms with Crippen LogP contribution in [0.15, 0.2) is 9.98 Å². The molecule has 1 rings (SSSR count). The van der Waals surface area contributed by atoms with Crippen molar-refractivity contribution in [1.82, 2.24) is 0 Å². The minimum atomic E-state index is -0.148. The molecule has 0 aromatic heterocycles. The second kappa shape index (κ2) is 4.48. The highest BCUT2D eigenvalue weighted by atomic mass is 16.5. The second-order valence-corrected chi connectivity index (χ2v) is 4.28. The zero-order valence-electron chi connectivity index (χ0n) is 9.23. The fourth-order valence-electron chi connectivity index (χ4n) is 1.66. The molecule has 0 aromatic carbocycles. The minimum Gasteiger partial charge on any atom is -0.375 e. The minimum absolute atomic E-state index is 0.0671. The lowest BCUT2D eigenvalue weighted by Gasteiger charge is -2.33. The van der Waals surface area contributed by atoms with Crippen molar-refractivity contribution in [2.24, 2.45) is 27.2 Å². The van der Waals surface area contributed by atoms with E-state index in [4.69, 9.17) is 21.9 Å². The van der Waals surface area contributed by atoms with Crippen molar-refractivity contribution in [3.8, 4) is 0 Å². The summed E-state index contributed by atoms with van der Waals surface area (Å²) in [4.78, 5) is 7.92. The fraction of sp³-hybridized carbons (Fsp3) is 0.778. The number of aliphatic imine (C=N–C) groups is 2. The Morgan fingerprint density at radius 3 is 2.53 bits per heavy atom. The molecule has 1 atom stereocenters. The Labute approximate surface area is 89.6 Å². The van der Waals surface area contributed by atoms with E-state index in [1.165, 1.54) is 0 Å². The maximum Gasteiger partial charge on any atom is 0.218 e. The Morgan fingerprint density at radius 1 is 1.33 bits per heavy atom. The van der Waals surface area contributed by atoms with Gasteiger partial charge in [-0.05, 0) is 26.7 Å². The summed E-state index contributed by atoms with van der Waals surface area (Å²) in [6.45, 7) is 4.76. The van der Waals surface area contributed by atoms with Crippen LogP contribution >= 0.6 is 0 Å². The molecule has 15 heavy (non-hydrogen) atoms. The number of hydrogen-bond acceptors (Lipinski definition) is 2.